The van der Waals surface area contributed by atoms with Crippen LogP contribution in [-0.4, -0.2) is 23.5 Å². The molecule has 6 heteroatoms. The fraction of sp³-hybridized carbons (Fsp3) is 0.267. The highest BCUT2D eigenvalue weighted by Crippen LogP contribution is 2.21. The number of fused-ring (bicyclic) bond motifs is 1. The Hall–Kier alpha value is -2.63. The predicted molar refractivity (Wildman–Crippen MR) is 76.2 cm³/mol. The molecule has 3 rings (SSSR count). The standard InChI is InChI=1S/C15H14N2O4/c1-21-10-2-3-11-9(8-10)6-7-17(15(11)20)12-4-5-13(18)16-14(12)19/h2-3,6-8,12H,4-5H2,1H3,(H,16,18,19). The number of carbonyl (C=O) groups excluding carboxylic acids is 2. The molecule has 2 amide bonds. The lowest BCUT2D eigenvalue weighted by Gasteiger charge is -2.23. The average Bonchev–Trinajstić information content (AvgIpc) is 2.48. The molecule has 0 aliphatic carbocycles. The quantitative estimate of drug-likeness (QED) is 0.835. The van der Waals surface area contributed by atoms with E-state index in [1.54, 1.807) is 37.6 Å². The molecular formula is C15H14N2O4. The van der Waals surface area contributed by atoms with Crippen LogP contribution in [0.1, 0.15) is 18.9 Å². The van der Waals surface area contributed by atoms with Crippen molar-refractivity contribution in [2.24, 2.45) is 0 Å². The van der Waals surface area contributed by atoms with Gasteiger partial charge in [-0.05, 0) is 36.1 Å². The minimum atomic E-state index is -0.637. The molecule has 108 valence electrons. The van der Waals surface area contributed by atoms with Crippen LogP contribution >= 0.6 is 0 Å². The summed E-state index contributed by atoms with van der Waals surface area (Å²) < 4.78 is 6.51. The fourth-order valence-corrected chi connectivity index (χ4v) is 2.56. The van der Waals surface area contributed by atoms with Crippen LogP contribution in [0.2, 0.25) is 0 Å². The highest BCUT2D eigenvalue weighted by molar-refractivity contribution is 5.99. The van der Waals surface area contributed by atoms with Gasteiger partial charge in [-0.25, -0.2) is 0 Å². The monoisotopic (exact) mass is 286 g/mol. The number of nitrogens with one attached hydrogen (secondary N) is 1. The number of pyridine rings is 1. The Balaban J connectivity index is 2.08. The Kier molecular flexibility index (Phi) is 3.21. The number of ether oxygens (including phenoxy) is 1. The van der Waals surface area contributed by atoms with Gasteiger partial charge in [0.2, 0.25) is 11.8 Å². The van der Waals surface area contributed by atoms with E-state index in [0.717, 1.165) is 5.39 Å². The van der Waals surface area contributed by atoms with Gasteiger partial charge in [0.05, 0.1) is 7.11 Å². The molecule has 1 aromatic carbocycles. The smallest absolute Gasteiger partial charge is 0.259 e. The normalized spacial score (nSPS) is 18.6. The van der Waals surface area contributed by atoms with Crippen molar-refractivity contribution in [1.29, 1.82) is 0 Å². The molecule has 1 aromatic heterocycles. The van der Waals surface area contributed by atoms with E-state index in [9.17, 15) is 14.4 Å². The first kappa shape index (κ1) is 13.4. The number of methoxy groups -OCH3 is 1. The second kappa shape index (κ2) is 5.05. The lowest BCUT2D eigenvalue weighted by Crippen LogP contribution is -2.44. The summed E-state index contributed by atoms with van der Waals surface area (Å²) in [5.74, 6) is -0.0586. The molecule has 2 aromatic rings. The molecule has 1 N–H and O–H groups in total. The molecule has 1 fully saturated rings. The number of hydrogen-bond donors (Lipinski definition) is 1. The van der Waals surface area contributed by atoms with Crippen LogP contribution in [0, 0.1) is 0 Å². The second-order valence-corrected chi connectivity index (χ2v) is 4.95. The summed E-state index contributed by atoms with van der Waals surface area (Å²) in [7, 11) is 1.56. The van der Waals surface area contributed by atoms with E-state index in [1.807, 2.05) is 0 Å². The Morgan fingerprint density at radius 3 is 2.76 bits per heavy atom. The van der Waals surface area contributed by atoms with Gasteiger partial charge < -0.3 is 9.30 Å². The van der Waals surface area contributed by atoms with Gasteiger partial charge in [-0.3, -0.25) is 19.7 Å². The number of rotatable bonds is 2. The molecule has 1 aliphatic rings. The molecule has 1 saturated heterocycles. The molecule has 0 radical (unpaired) electrons. The van der Waals surface area contributed by atoms with Crippen LogP contribution in [-0.2, 0) is 9.59 Å². The highest BCUT2D eigenvalue weighted by Gasteiger charge is 2.28. The Bertz CT molecular complexity index is 794. The molecule has 1 unspecified atom stereocenters. The lowest BCUT2D eigenvalue weighted by atomic mass is 10.0. The lowest BCUT2D eigenvalue weighted by molar-refractivity contribution is -0.135. The number of piperidine rings is 1. The van der Waals surface area contributed by atoms with Crippen LogP contribution in [0.4, 0.5) is 0 Å². The summed E-state index contributed by atoms with van der Waals surface area (Å²) >= 11 is 0. The predicted octanol–water partition coefficient (Wildman–Crippen LogP) is 0.988. The van der Waals surface area contributed by atoms with Crippen molar-refractivity contribution in [3.63, 3.8) is 0 Å². The van der Waals surface area contributed by atoms with Gasteiger partial charge >= 0.3 is 0 Å². The molecule has 2 heterocycles. The summed E-state index contributed by atoms with van der Waals surface area (Å²) in [5, 5.41) is 3.53. The summed E-state index contributed by atoms with van der Waals surface area (Å²) in [6.45, 7) is 0. The van der Waals surface area contributed by atoms with Crippen molar-refractivity contribution in [2.45, 2.75) is 18.9 Å². The first-order chi connectivity index (χ1) is 10.1. The molecule has 0 saturated carbocycles. The van der Waals surface area contributed by atoms with Crippen molar-refractivity contribution >= 4 is 22.6 Å². The second-order valence-electron chi connectivity index (χ2n) is 4.95. The Labute approximate surface area is 120 Å². The molecule has 1 aliphatic heterocycles. The van der Waals surface area contributed by atoms with E-state index >= 15 is 0 Å². The van der Waals surface area contributed by atoms with Crippen LogP contribution in [0.15, 0.2) is 35.3 Å². The number of aromatic nitrogens is 1. The largest absolute Gasteiger partial charge is 0.497 e. The van der Waals surface area contributed by atoms with Gasteiger partial charge in [-0.2, -0.15) is 0 Å². The van der Waals surface area contributed by atoms with E-state index in [4.69, 9.17) is 4.74 Å². The summed E-state index contributed by atoms with van der Waals surface area (Å²) in [6, 6.07) is 6.29. The van der Waals surface area contributed by atoms with E-state index in [1.165, 1.54) is 4.57 Å². The zero-order chi connectivity index (χ0) is 15.0. The van der Waals surface area contributed by atoms with Gasteiger partial charge in [0.25, 0.3) is 5.56 Å². The third-order valence-corrected chi connectivity index (χ3v) is 3.68. The molecule has 6 nitrogen and oxygen atoms in total. The molecule has 1 atom stereocenters. The fourth-order valence-electron chi connectivity index (χ4n) is 2.56. The van der Waals surface area contributed by atoms with Crippen LogP contribution in [0.5, 0.6) is 5.75 Å². The summed E-state index contributed by atoms with van der Waals surface area (Å²) in [4.78, 5) is 35.6. The first-order valence-corrected chi connectivity index (χ1v) is 6.63. The van der Waals surface area contributed by atoms with Crippen molar-refractivity contribution in [1.82, 2.24) is 9.88 Å². The maximum absolute atomic E-state index is 12.5. The van der Waals surface area contributed by atoms with Gasteiger partial charge in [0.15, 0.2) is 0 Å². The van der Waals surface area contributed by atoms with E-state index in [0.29, 0.717) is 17.6 Å². The van der Waals surface area contributed by atoms with Crippen molar-refractivity contribution < 1.29 is 14.3 Å². The molecule has 21 heavy (non-hydrogen) atoms. The summed E-state index contributed by atoms with van der Waals surface area (Å²) in [5.41, 5.74) is -0.246. The minimum absolute atomic E-state index is 0.240. The topological polar surface area (TPSA) is 77.4 Å². The third kappa shape index (κ3) is 2.29. The van der Waals surface area contributed by atoms with Crippen LogP contribution in [0.3, 0.4) is 0 Å². The van der Waals surface area contributed by atoms with E-state index in [-0.39, 0.29) is 17.9 Å². The van der Waals surface area contributed by atoms with Gasteiger partial charge in [-0.15, -0.1) is 0 Å². The van der Waals surface area contributed by atoms with Gasteiger partial charge in [0, 0.05) is 18.0 Å². The zero-order valence-electron chi connectivity index (χ0n) is 11.5. The molecule has 0 spiro atoms. The van der Waals surface area contributed by atoms with Gasteiger partial charge in [-0.1, -0.05) is 0 Å². The van der Waals surface area contributed by atoms with E-state index in [2.05, 4.69) is 5.32 Å². The minimum Gasteiger partial charge on any atom is -0.497 e. The number of hydrogen-bond acceptors (Lipinski definition) is 4. The van der Waals surface area contributed by atoms with Crippen molar-refractivity contribution in [2.75, 3.05) is 7.11 Å². The van der Waals surface area contributed by atoms with E-state index < -0.39 is 11.9 Å². The average molecular weight is 286 g/mol. The SMILES string of the molecule is COc1ccc2c(=O)n(C3CCC(=O)NC3=O)ccc2c1. The van der Waals surface area contributed by atoms with Crippen LogP contribution < -0.4 is 15.6 Å². The maximum Gasteiger partial charge on any atom is 0.259 e. The number of carbonyl (C=O) groups is 2. The van der Waals surface area contributed by atoms with Gasteiger partial charge in [0.1, 0.15) is 11.8 Å². The van der Waals surface area contributed by atoms with Crippen LogP contribution in [0.25, 0.3) is 10.8 Å². The Morgan fingerprint density at radius 1 is 1.24 bits per heavy atom. The third-order valence-electron chi connectivity index (χ3n) is 3.68. The number of nitrogens with zero attached hydrogens (tertiary/aromatic N) is 1. The Morgan fingerprint density at radius 2 is 2.05 bits per heavy atom. The summed E-state index contributed by atoms with van der Waals surface area (Å²) in [6.07, 6.45) is 2.17. The molecule has 0 bridgehead atoms. The maximum atomic E-state index is 12.5. The first-order valence-electron chi connectivity index (χ1n) is 6.63. The zero-order valence-corrected chi connectivity index (χ0v) is 11.5. The van der Waals surface area contributed by atoms with Crippen molar-refractivity contribution in [3.05, 3.63) is 40.8 Å². The number of benzene rings is 1. The molecular weight excluding hydrogens is 272 g/mol. The number of imide groups is 1. The highest BCUT2D eigenvalue weighted by atomic mass is 16.5. The number of amides is 2. The van der Waals surface area contributed by atoms with Crippen molar-refractivity contribution in [3.8, 4) is 5.75 Å².